The van der Waals surface area contributed by atoms with Crippen LogP contribution in [0.3, 0.4) is 0 Å². The number of aromatic nitrogens is 3. The number of benzene rings is 6. The van der Waals surface area contributed by atoms with E-state index in [9.17, 15) is 0 Å². The van der Waals surface area contributed by atoms with Crippen LogP contribution in [-0.4, -0.2) is 15.0 Å². The van der Waals surface area contributed by atoms with Crippen molar-refractivity contribution in [2.45, 2.75) is 0 Å². The summed E-state index contributed by atoms with van der Waals surface area (Å²) in [6.07, 6.45) is 15.4. The number of hydrogen-bond acceptors (Lipinski definition) is 4. The Morgan fingerprint density at radius 1 is 0.451 bits per heavy atom. The lowest BCUT2D eigenvalue weighted by Crippen LogP contribution is -2.12. The molecule has 51 heavy (non-hydrogen) atoms. The highest BCUT2D eigenvalue weighted by Crippen LogP contribution is 2.38. The van der Waals surface area contributed by atoms with E-state index in [-0.39, 0.29) is 5.92 Å². The number of furan rings is 1. The Balaban J connectivity index is 1.08. The first-order chi connectivity index (χ1) is 25.2. The number of rotatable bonds is 5. The molecule has 0 radical (unpaired) electrons. The van der Waals surface area contributed by atoms with E-state index >= 15 is 0 Å². The zero-order chi connectivity index (χ0) is 33.7. The monoisotopic (exact) mass is 653 g/mol. The van der Waals surface area contributed by atoms with E-state index in [0.29, 0.717) is 23.4 Å². The summed E-state index contributed by atoms with van der Waals surface area (Å²) in [5, 5.41) is 4.53. The quantitative estimate of drug-likeness (QED) is 0.185. The van der Waals surface area contributed by atoms with Crippen LogP contribution in [0.4, 0.5) is 0 Å². The van der Waals surface area contributed by atoms with Crippen LogP contribution in [0.2, 0.25) is 0 Å². The van der Waals surface area contributed by atoms with E-state index in [0.717, 1.165) is 71.7 Å². The van der Waals surface area contributed by atoms with E-state index in [2.05, 4.69) is 152 Å². The van der Waals surface area contributed by atoms with Gasteiger partial charge >= 0.3 is 0 Å². The third-order valence-electron chi connectivity index (χ3n) is 10.0. The minimum absolute atomic E-state index is 0.279. The molecule has 2 aromatic heterocycles. The van der Waals surface area contributed by atoms with Gasteiger partial charge in [0.15, 0.2) is 17.5 Å². The van der Waals surface area contributed by atoms with Gasteiger partial charge in [-0.2, -0.15) is 0 Å². The van der Waals surface area contributed by atoms with E-state index in [1.54, 1.807) is 0 Å². The largest absolute Gasteiger partial charge is 0.456 e. The molecular formula is C47H31N3O. The maximum atomic E-state index is 6.18. The van der Waals surface area contributed by atoms with Crippen LogP contribution >= 0.6 is 0 Å². The predicted molar refractivity (Wildman–Crippen MR) is 209 cm³/mol. The molecule has 0 saturated heterocycles. The van der Waals surface area contributed by atoms with E-state index in [1.165, 1.54) is 0 Å². The standard InChI is InChI=1S/C47H31N3O/c1-2-10-30(11-3-1)33-14-8-15-37(27-33)45-48-46(38-24-20-31-12-4-5-13-32(31)28-38)50-47(49-45)39-25-22-34-26-36(23-21-35(34)29-39)40-17-9-19-43-44(40)41-16-6-7-18-42(41)51-43/h1-29,31-32H. The molecule has 4 heteroatoms. The zero-order valence-electron chi connectivity index (χ0n) is 27.6. The van der Waals surface area contributed by atoms with Gasteiger partial charge in [0.1, 0.15) is 11.2 Å². The average Bonchev–Trinajstić information content (AvgIpc) is 3.59. The van der Waals surface area contributed by atoms with Crippen molar-refractivity contribution in [1.82, 2.24) is 15.0 Å². The molecule has 0 saturated carbocycles. The highest BCUT2D eigenvalue weighted by atomic mass is 16.3. The van der Waals surface area contributed by atoms with Gasteiger partial charge in [-0.1, -0.05) is 146 Å². The Labute approximate surface area is 295 Å². The second-order valence-corrected chi connectivity index (χ2v) is 13.2. The maximum absolute atomic E-state index is 6.18. The van der Waals surface area contributed by atoms with Gasteiger partial charge in [0.2, 0.25) is 0 Å². The van der Waals surface area contributed by atoms with Crippen LogP contribution in [0.15, 0.2) is 180 Å². The van der Waals surface area contributed by atoms with Crippen molar-refractivity contribution in [2.24, 2.45) is 11.8 Å². The molecule has 10 rings (SSSR count). The molecule has 2 heterocycles. The van der Waals surface area contributed by atoms with E-state index in [4.69, 9.17) is 19.4 Å². The summed E-state index contributed by atoms with van der Waals surface area (Å²) in [5.41, 5.74) is 9.29. The average molecular weight is 654 g/mol. The van der Waals surface area contributed by atoms with Crippen molar-refractivity contribution in [2.75, 3.05) is 0 Å². The van der Waals surface area contributed by atoms with Crippen LogP contribution in [0.5, 0.6) is 0 Å². The van der Waals surface area contributed by atoms with Crippen LogP contribution in [0, 0.1) is 11.8 Å². The summed E-state index contributed by atoms with van der Waals surface area (Å²) < 4.78 is 6.18. The normalized spacial score (nSPS) is 16.5. The molecule has 240 valence electrons. The number of hydrogen-bond donors (Lipinski definition) is 0. The molecule has 2 aliphatic carbocycles. The Bertz CT molecular complexity index is 2770. The maximum Gasteiger partial charge on any atom is 0.164 e. The van der Waals surface area contributed by atoms with Crippen molar-refractivity contribution >= 4 is 38.3 Å². The van der Waals surface area contributed by atoms with Crippen molar-refractivity contribution in [3.05, 3.63) is 182 Å². The number of allylic oxidation sites excluding steroid dienone is 8. The summed E-state index contributed by atoms with van der Waals surface area (Å²) in [6, 6.07) is 46.5. The summed E-state index contributed by atoms with van der Waals surface area (Å²) >= 11 is 0. The lowest BCUT2D eigenvalue weighted by molar-refractivity contribution is 0.662. The number of fused-ring (bicyclic) bond motifs is 5. The molecule has 0 bridgehead atoms. The van der Waals surface area contributed by atoms with Crippen molar-refractivity contribution in [3.63, 3.8) is 0 Å². The third-order valence-corrected chi connectivity index (χ3v) is 10.0. The Morgan fingerprint density at radius 2 is 1.10 bits per heavy atom. The van der Waals surface area contributed by atoms with Gasteiger partial charge in [-0.3, -0.25) is 0 Å². The third kappa shape index (κ3) is 5.29. The highest BCUT2D eigenvalue weighted by Gasteiger charge is 2.21. The molecule has 2 atom stereocenters. The SMILES string of the molecule is C1=CC2C=CC(c3nc(-c4cccc(-c5ccccc5)c4)nc(-c4ccc5cc(-c6cccc7oc8ccccc8c67)ccc5c4)n3)=CC2C=C1. The first-order valence-corrected chi connectivity index (χ1v) is 17.4. The van der Waals surface area contributed by atoms with Gasteiger partial charge in [-0.15, -0.1) is 0 Å². The molecule has 6 aromatic carbocycles. The van der Waals surface area contributed by atoms with Gasteiger partial charge < -0.3 is 4.42 Å². The smallest absolute Gasteiger partial charge is 0.164 e. The molecule has 0 fully saturated rings. The first kappa shape index (κ1) is 29.3. The van der Waals surface area contributed by atoms with Gasteiger partial charge in [0.25, 0.3) is 0 Å². The molecule has 0 amide bonds. The Kier molecular flexibility index (Phi) is 6.91. The highest BCUT2D eigenvalue weighted by molar-refractivity contribution is 6.12. The van der Waals surface area contributed by atoms with Crippen molar-refractivity contribution in [3.8, 4) is 45.0 Å². The van der Waals surface area contributed by atoms with Gasteiger partial charge in [-0.05, 0) is 63.4 Å². The van der Waals surface area contributed by atoms with E-state index in [1.807, 2.05) is 24.3 Å². The summed E-state index contributed by atoms with van der Waals surface area (Å²) in [7, 11) is 0. The molecule has 2 aliphatic rings. The predicted octanol–water partition coefficient (Wildman–Crippen LogP) is 11.9. The van der Waals surface area contributed by atoms with Crippen LogP contribution in [0.1, 0.15) is 5.82 Å². The van der Waals surface area contributed by atoms with Crippen LogP contribution in [-0.2, 0) is 0 Å². The minimum atomic E-state index is 0.279. The first-order valence-electron chi connectivity index (χ1n) is 17.4. The van der Waals surface area contributed by atoms with Gasteiger partial charge in [0.05, 0.1) is 0 Å². The molecular weight excluding hydrogens is 623 g/mol. The second kappa shape index (κ2) is 12.0. The number of para-hydroxylation sites is 1. The molecule has 8 aromatic rings. The molecule has 0 N–H and O–H groups in total. The fourth-order valence-corrected chi connectivity index (χ4v) is 7.43. The van der Waals surface area contributed by atoms with Crippen LogP contribution < -0.4 is 0 Å². The van der Waals surface area contributed by atoms with E-state index < -0.39 is 0 Å². The number of nitrogens with zero attached hydrogens (tertiary/aromatic N) is 3. The lowest BCUT2D eigenvalue weighted by atomic mass is 9.83. The van der Waals surface area contributed by atoms with Crippen LogP contribution in [0.25, 0.3) is 83.3 Å². The zero-order valence-corrected chi connectivity index (χ0v) is 27.6. The second-order valence-electron chi connectivity index (χ2n) is 13.2. The Hall–Kier alpha value is -6.65. The lowest BCUT2D eigenvalue weighted by Gasteiger charge is -2.22. The molecule has 2 unspecified atom stereocenters. The fraction of sp³-hybridized carbons (Fsp3) is 0.0426. The Morgan fingerprint density at radius 3 is 1.96 bits per heavy atom. The topological polar surface area (TPSA) is 51.8 Å². The summed E-state index contributed by atoms with van der Waals surface area (Å²) in [4.78, 5) is 15.3. The van der Waals surface area contributed by atoms with Gasteiger partial charge in [0, 0.05) is 39.3 Å². The molecule has 0 aliphatic heterocycles. The minimum Gasteiger partial charge on any atom is -0.456 e. The van der Waals surface area contributed by atoms with Crippen molar-refractivity contribution in [1.29, 1.82) is 0 Å². The summed E-state index contributed by atoms with van der Waals surface area (Å²) in [6.45, 7) is 0. The molecule has 0 spiro atoms. The molecule has 4 nitrogen and oxygen atoms in total. The van der Waals surface area contributed by atoms with Crippen molar-refractivity contribution < 1.29 is 4.42 Å². The fourth-order valence-electron chi connectivity index (χ4n) is 7.43. The van der Waals surface area contributed by atoms with Gasteiger partial charge in [-0.25, -0.2) is 15.0 Å². The summed E-state index contributed by atoms with van der Waals surface area (Å²) in [5.74, 6) is 2.61.